The highest BCUT2D eigenvalue weighted by Gasteiger charge is 2.07. The van der Waals surface area contributed by atoms with Gasteiger partial charge in [-0.1, -0.05) is 18.2 Å². The second-order valence-electron chi connectivity index (χ2n) is 4.00. The Morgan fingerprint density at radius 2 is 2.00 bits per heavy atom. The normalized spacial score (nSPS) is 10.0. The van der Waals surface area contributed by atoms with E-state index in [-0.39, 0.29) is 30.5 Å². The molecule has 5 heteroatoms. The Hall–Kier alpha value is -1.91. The van der Waals surface area contributed by atoms with Crippen molar-refractivity contribution in [2.24, 2.45) is 0 Å². The lowest BCUT2D eigenvalue weighted by Gasteiger charge is -2.06. The molecule has 0 unspecified atom stereocenters. The zero-order valence-corrected chi connectivity index (χ0v) is 10.9. The zero-order chi connectivity index (χ0) is 14.1. The van der Waals surface area contributed by atoms with E-state index in [2.05, 4.69) is 5.32 Å². The van der Waals surface area contributed by atoms with Gasteiger partial charge >= 0.3 is 5.97 Å². The average Bonchev–Trinajstić information content (AvgIpc) is 2.39. The summed E-state index contributed by atoms with van der Waals surface area (Å²) in [5, 5.41) is 2.64. The maximum absolute atomic E-state index is 13.3. The van der Waals surface area contributed by atoms with Crippen molar-refractivity contribution in [1.82, 2.24) is 5.32 Å². The first-order valence-corrected chi connectivity index (χ1v) is 6.29. The van der Waals surface area contributed by atoms with Crippen LogP contribution >= 0.6 is 0 Å². The molecule has 0 spiro atoms. The fourth-order valence-corrected chi connectivity index (χ4v) is 1.57. The number of esters is 1. The van der Waals surface area contributed by atoms with Gasteiger partial charge in [-0.15, -0.1) is 0 Å². The largest absolute Gasteiger partial charge is 0.466 e. The third-order valence-electron chi connectivity index (χ3n) is 2.54. The van der Waals surface area contributed by atoms with E-state index in [9.17, 15) is 14.0 Å². The maximum Gasteiger partial charge on any atom is 0.306 e. The smallest absolute Gasteiger partial charge is 0.306 e. The SMILES string of the molecule is CCOC(=O)CCC(=O)NCCc1ccccc1F. The number of rotatable bonds is 7. The van der Waals surface area contributed by atoms with Crippen molar-refractivity contribution in [3.63, 3.8) is 0 Å². The van der Waals surface area contributed by atoms with Gasteiger partial charge in [0.05, 0.1) is 13.0 Å². The van der Waals surface area contributed by atoms with Gasteiger partial charge in [-0.25, -0.2) is 4.39 Å². The molecule has 0 atom stereocenters. The first-order chi connectivity index (χ1) is 9.13. The van der Waals surface area contributed by atoms with Gasteiger partial charge in [-0.2, -0.15) is 0 Å². The number of benzene rings is 1. The zero-order valence-electron chi connectivity index (χ0n) is 10.9. The van der Waals surface area contributed by atoms with Crippen LogP contribution in [0.3, 0.4) is 0 Å². The molecule has 1 amide bonds. The topological polar surface area (TPSA) is 55.4 Å². The Morgan fingerprint density at radius 1 is 1.26 bits per heavy atom. The highest BCUT2D eigenvalue weighted by molar-refractivity contribution is 5.81. The van der Waals surface area contributed by atoms with Crippen LogP contribution in [0, 0.1) is 5.82 Å². The van der Waals surface area contributed by atoms with E-state index in [1.807, 2.05) is 0 Å². The fraction of sp³-hybridized carbons (Fsp3) is 0.429. The Labute approximate surface area is 112 Å². The van der Waals surface area contributed by atoms with Crippen molar-refractivity contribution in [1.29, 1.82) is 0 Å². The minimum Gasteiger partial charge on any atom is -0.466 e. The lowest BCUT2D eigenvalue weighted by Crippen LogP contribution is -2.26. The van der Waals surface area contributed by atoms with E-state index in [4.69, 9.17) is 4.74 Å². The molecule has 0 radical (unpaired) electrons. The van der Waals surface area contributed by atoms with E-state index in [1.54, 1.807) is 25.1 Å². The van der Waals surface area contributed by atoms with E-state index in [1.165, 1.54) is 6.07 Å². The Balaban J connectivity index is 2.21. The van der Waals surface area contributed by atoms with Crippen LogP contribution in [-0.2, 0) is 20.7 Å². The van der Waals surface area contributed by atoms with Crippen LogP contribution in [-0.4, -0.2) is 25.0 Å². The van der Waals surface area contributed by atoms with Gasteiger partial charge in [0.2, 0.25) is 5.91 Å². The number of carbonyl (C=O) groups excluding carboxylic acids is 2. The molecule has 0 heterocycles. The third kappa shape index (κ3) is 5.99. The summed E-state index contributed by atoms with van der Waals surface area (Å²) < 4.78 is 18.0. The molecule has 0 saturated heterocycles. The van der Waals surface area contributed by atoms with Crippen molar-refractivity contribution in [2.45, 2.75) is 26.2 Å². The summed E-state index contributed by atoms with van der Waals surface area (Å²) in [5.74, 6) is -0.889. The van der Waals surface area contributed by atoms with Gasteiger partial charge in [0.25, 0.3) is 0 Å². The van der Waals surface area contributed by atoms with Crippen LogP contribution < -0.4 is 5.32 Å². The van der Waals surface area contributed by atoms with Gasteiger partial charge < -0.3 is 10.1 Å². The van der Waals surface area contributed by atoms with Crippen LogP contribution in [0.4, 0.5) is 4.39 Å². The molecule has 1 aromatic rings. The molecule has 1 rings (SSSR count). The first-order valence-electron chi connectivity index (χ1n) is 6.29. The predicted molar refractivity (Wildman–Crippen MR) is 69.0 cm³/mol. The predicted octanol–water partition coefficient (Wildman–Crippen LogP) is 1.83. The van der Waals surface area contributed by atoms with E-state index < -0.39 is 0 Å². The molecule has 1 N–H and O–H groups in total. The molecule has 0 aliphatic rings. The van der Waals surface area contributed by atoms with Gasteiger partial charge in [-0.3, -0.25) is 9.59 Å². The van der Waals surface area contributed by atoms with Crippen LogP contribution in [0.15, 0.2) is 24.3 Å². The Morgan fingerprint density at radius 3 is 2.68 bits per heavy atom. The van der Waals surface area contributed by atoms with E-state index in [0.717, 1.165) is 0 Å². The van der Waals surface area contributed by atoms with Gasteiger partial charge in [0.1, 0.15) is 5.82 Å². The number of ether oxygens (including phenoxy) is 1. The van der Waals surface area contributed by atoms with Crippen molar-refractivity contribution >= 4 is 11.9 Å². The molecular formula is C14H18FNO3. The molecule has 0 bridgehead atoms. The molecule has 0 saturated carbocycles. The van der Waals surface area contributed by atoms with Gasteiger partial charge in [0.15, 0.2) is 0 Å². The minimum absolute atomic E-state index is 0.0688. The molecule has 0 fully saturated rings. The summed E-state index contributed by atoms with van der Waals surface area (Å²) in [6, 6.07) is 6.44. The number of hydrogen-bond donors (Lipinski definition) is 1. The third-order valence-corrected chi connectivity index (χ3v) is 2.54. The van der Waals surface area contributed by atoms with Crippen LogP contribution in [0.1, 0.15) is 25.3 Å². The maximum atomic E-state index is 13.3. The summed E-state index contributed by atoms with van der Waals surface area (Å²) in [6.07, 6.45) is 0.591. The Kier molecular flexibility index (Phi) is 6.57. The fourth-order valence-electron chi connectivity index (χ4n) is 1.57. The summed E-state index contributed by atoms with van der Waals surface area (Å²) >= 11 is 0. The highest BCUT2D eigenvalue weighted by atomic mass is 19.1. The number of nitrogens with one attached hydrogen (secondary N) is 1. The lowest BCUT2D eigenvalue weighted by molar-refractivity contribution is -0.144. The molecule has 0 aliphatic carbocycles. The van der Waals surface area contributed by atoms with Crippen LogP contribution in [0.25, 0.3) is 0 Å². The average molecular weight is 267 g/mol. The molecule has 104 valence electrons. The van der Waals surface area contributed by atoms with E-state index >= 15 is 0 Å². The van der Waals surface area contributed by atoms with E-state index in [0.29, 0.717) is 25.1 Å². The number of hydrogen-bond acceptors (Lipinski definition) is 3. The van der Waals surface area contributed by atoms with Gasteiger partial charge in [0, 0.05) is 13.0 Å². The molecule has 0 aromatic heterocycles. The molecule has 4 nitrogen and oxygen atoms in total. The summed E-state index contributed by atoms with van der Waals surface area (Å²) in [7, 11) is 0. The van der Waals surface area contributed by atoms with Crippen LogP contribution in [0.2, 0.25) is 0 Å². The Bertz CT molecular complexity index is 434. The number of amides is 1. The standard InChI is InChI=1S/C14H18FNO3/c1-2-19-14(18)8-7-13(17)16-10-9-11-5-3-4-6-12(11)15/h3-6H,2,7-10H2,1H3,(H,16,17). The number of carbonyl (C=O) groups is 2. The van der Waals surface area contributed by atoms with Crippen molar-refractivity contribution in [3.8, 4) is 0 Å². The quantitative estimate of drug-likeness (QED) is 0.767. The van der Waals surface area contributed by atoms with Crippen molar-refractivity contribution in [2.75, 3.05) is 13.2 Å². The summed E-state index contributed by atoms with van der Waals surface area (Å²) in [4.78, 5) is 22.4. The summed E-state index contributed by atoms with van der Waals surface area (Å²) in [6.45, 7) is 2.38. The molecular weight excluding hydrogens is 249 g/mol. The second-order valence-corrected chi connectivity index (χ2v) is 4.00. The second kappa shape index (κ2) is 8.24. The number of halogens is 1. The minimum atomic E-state index is -0.383. The molecule has 0 aliphatic heterocycles. The highest BCUT2D eigenvalue weighted by Crippen LogP contribution is 2.06. The lowest BCUT2D eigenvalue weighted by atomic mass is 10.1. The summed E-state index contributed by atoms with van der Waals surface area (Å²) in [5.41, 5.74) is 0.563. The molecule has 1 aromatic carbocycles. The first kappa shape index (κ1) is 15.1. The van der Waals surface area contributed by atoms with Crippen molar-refractivity contribution in [3.05, 3.63) is 35.6 Å². The monoisotopic (exact) mass is 267 g/mol. The van der Waals surface area contributed by atoms with Crippen LogP contribution in [0.5, 0.6) is 0 Å². The van der Waals surface area contributed by atoms with Crippen molar-refractivity contribution < 1.29 is 18.7 Å². The van der Waals surface area contributed by atoms with Gasteiger partial charge in [-0.05, 0) is 25.0 Å². The molecule has 19 heavy (non-hydrogen) atoms.